The van der Waals surface area contributed by atoms with Crippen LogP contribution in [0, 0.1) is 0 Å². The molecule has 172 valence electrons. The Bertz CT molecular complexity index is 1360. The zero-order valence-electron chi connectivity index (χ0n) is 19.0. The Morgan fingerprint density at radius 3 is 2.65 bits per heavy atom. The summed E-state index contributed by atoms with van der Waals surface area (Å²) in [4.78, 5) is 22.6. The maximum Gasteiger partial charge on any atom is 0.245 e. The maximum absolute atomic E-state index is 11.9. The third kappa shape index (κ3) is 4.24. The number of carbonyl (C=O) groups is 1. The second kappa shape index (κ2) is 9.39. The molecule has 1 N–H and O–H groups in total. The Morgan fingerprint density at radius 1 is 1.06 bits per heavy atom. The summed E-state index contributed by atoms with van der Waals surface area (Å²) in [6.45, 7) is 4.85. The normalized spacial score (nSPS) is 14.2. The molecule has 0 bridgehead atoms. The Labute approximate surface area is 198 Å². The van der Waals surface area contributed by atoms with Crippen molar-refractivity contribution in [1.82, 2.24) is 14.9 Å². The number of hydrogen-bond donors (Lipinski definition) is 1. The summed E-state index contributed by atoms with van der Waals surface area (Å²) in [5.41, 5.74) is 1.73. The number of nitrogens with one attached hydrogen (secondary N) is 1. The smallest absolute Gasteiger partial charge is 0.245 e. The van der Waals surface area contributed by atoms with Crippen LogP contribution >= 0.6 is 0 Å². The quantitative estimate of drug-likeness (QED) is 0.409. The zero-order valence-corrected chi connectivity index (χ0v) is 19.0. The van der Waals surface area contributed by atoms with Gasteiger partial charge in [0.15, 0.2) is 11.5 Å². The van der Waals surface area contributed by atoms with Gasteiger partial charge in [-0.25, -0.2) is 9.97 Å². The highest BCUT2D eigenvalue weighted by Crippen LogP contribution is 2.37. The monoisotopic (exact) mass is 454 g/mol. The van der Waals surface area contributed by atoms with Gasteiger partial charge in [-0.2, -0.15) is 0 Å². The van der Waals surface area contributed by atoms with Crippen molar-refractivity contribution < 1.29 is 14.3 Å². The molecule has 1 saturated heterocycles. The van der Waals surface area contributed by atoms with Crippen molar-refractivity contribution in [2.24, 2.45) is 0 Å². The van der Waals surface area contributed by atoms with Gasteiger partial charge >= 0.3 is 0 Å². The third-order valence-corrected chi connectivity index (χ3v) is 6.19. The molecule has 1 fully saturated rings. The van der Waals surface area contributed by atoms with Gasteiger partial charge in [-0.05, 0) is 23.6 Å². The minimum absolute atomic E-state index is 0.0145. The lowest BCUT2D eigenvalue weighted by Crippen LogP contribution is -2.41. The number of aromatic nitrogens is 2. The number of benzene rings is 3. The number of anilines is 2. The van der Waals surface area contributed by atoms with E-state index in [2.05, 4.69) is 40.1 Å². The molecule has 1 amide bonds. The van der Waals surface area contributed by atoms with Crippen molar-refractivity contribution in [2.45, 2.75) is 18.9 Å². The number of nitrogens with zero attached hydrogens (tertiary/aromatic N) is 3. The summed E-state index contributed by atoms with van der Waals surface area (Å²) in [5.74, 6) is 1.91. The van der Waals surface area contributed by atoms with Gasteiger partial charge in [-0.1, -0.05) is 43.0 Å². The van der Waals surface area contributed by atoms with Crippen molar-refractivity contribution in [3.63, 3.8) is 0 Å². The Hall–Kier alpha value is -4.13. The predicted molar refractivity (Wildman–Crippen MR) is 134 cm³/mol. The van der Waals surface area contributed by atoms with Crippen LogP contribution in [0.2, 0.25) is 0 Å². The lowest BCUT2D eigenvalue weighted by Gasteiger charge is -2.31. The van der Waals surface area contributed by atoms with E-state index < -0.39 is 0 Å². The summed E-state index contributed by atoms with van der Waals surface area (Å²) in [5, 5.41) is 6.58. The van der Waals surface area contributed by atoms with E-state index >= 15 is 0 Å². The lowest BCUT2D eigenvalue weighted by molar-refractivity contribution is -0.127. The Balaban J connectivity index is 1.45. The highest BCUT2D eigenvalue weighted by Gasteiger charge is 2.24. The average Bonchev–Trinajstić information content (AvgIpc) is 2.89. The third-order valence-electron chi connectivity index (χ3n) is 6.19. The standard InChI is InChI=1S/C27H26N4O3/c1-3-26(32)31-13-11-19(12-14-31)34-25-15-21-23(16-24(25)33-2)28-17-29-27(21)30-22-10-6-8-18-7-4-5-9-20(18)22/h3-10,15-17,19H,1,11-14H2,2H3,(H,28,29,30). The number of piperidine rings is 1. The number of hydrogen-bond acceptors (Lipinski definition) is 6. The molecule has 0 radical (unpaired) electrons. The van der Waals surface area contributed by atoms with Crippen LogP contribution in [0.25, 0.3) is 21.7 Å². The largest absolute Gasteiger partial charge is 0.493 e. The molecule has 7 heteroatoms. The van der Waals surface area contributed by atoms with Gasteiger partial charge in [-0.3, -0.25) is 4.79 Å². The lowest BCUT2D eigenvalue weighted by atomic mass is 10.1. The second-order valence-corrected chi connectivity index (χ2v) is 8.24. The SMILES string of the molecule is C=CC(=O)N1CCC(Oc2cc3c(Nc4cccc5ccccc45)ncnc3cc2OC)CC1. The average molecular weight is 455 g/mol. The first-order valence-corrected chi connectivity index (χ1v) is 11.3. The molecule has 0 atom stereocenters. The number of rotatable bonds is 6. The van der Waals surface area contributed by atoms with Gasteiger partial charge in [0.2, 0.25) is 5.91 Å². The molecular weight excluding hydrogens is 428 g/mol. The van der Waals surface area contributed by atoms with E-state index in [-0.39, 0.29) is 12.0 Å². The zero-order chi connectivity index (χ0) is 23.5. The number of likely N-dealkylation sites (tertiary alicyclic amines) is 1. The molecule has 3 aromatic carbocycles. The first-order chi connectivity index (χ1) is 16.7. The number of amides is 1. The highest BCUT2D eigenvalue weighted by atomic mass is 16.5. The first-order valence-electron chi connectivity index (χ1n) is 11.3. The molecule has 5 rings (SSSR count). The number of methoxy groups -OCH3 is 1. The Morgan fingerprint density at radius 2 is 1.85 bits per heavy atom. The molecule has 7 nitrogen and oxygen atoms in total. The summed E-state index contributed by atoms with van der Waals surface area (Å²) in [6, 6.07) is 18.2. The Kier molecular flexibility index (Phi) is 5.99. The highest BCUT2D eigenvalue weighted by molar-refractivity contribution is 5.99. The van der Waals surface area contributed by atoms with Crippen molar-refractivity contribution in [3.05, 3.63) is 73.6 Å². The molecule has 34 heavy (non-hydrogen) atoms. The van der Waals surface area contributed by atoms with Gasteiger partial charge in [-0.15, -0.1) is 0 Å². The van der Waals surface area contributed by atoms with Crippen molar-refractivity contribution in [2.75, 3.05) is 25.5 Å². The van der Waals surface area contributed by atoms with Crippen LogP contribution in [0.3, 0.4) is 0 Å². The minimum Gasteiger partial charge on any atom is -0.493 e. The van der Waals surface area contributed by atoms with E-state index in [0.29, 0.717) is 30.4 Å². The summed E-state index contributed by atoms with van der Waals surface area (Å²) in [6.07, 6.45) is 4.37. The summed E-state index contributed by atoms with van der Waals surface area (Å²) >= 11 is 0. The van der Waals surface area contributed by atoms with Gasteiger partial charge < -0.3 is 19.7 Å². The molecule has 0 spiro atoms. The van der Waals surface area contributed by atoms with Crippen LogP contribution in [0.1, 0.15) is 12.8 Å². The van der Waals surface area contributed by atoms with Crippen LogP contribution in [-0.2, 0) is 4.79 Å². The maximum atomic E-state index is 11.9. The fourth-order valence-electron chi connectivity index (χ4n) is 4.38. The molecule has 0 aliphatic carbocycles. The van der Waals surface area contributed by atoms with Crippen molar-refractivity contribution >= 4 is 39.1 Å². The molecule has 0 unspecified atom stereocenters. The van der Waals surface area contributed by atoms with E-state index in [9.17, 15) is 4.79 Å². The molecule has 1 aliphatic rings. The van der Waals surface area contributed by atoms with E-state index in [1.165, 1.54) is 6.08 Å². The molecule has 2 heterocycles. The minimum atomic E-state index is -0.0389. The topological polar surface area (TPSA) is 76.6 Å². The van der Waals surface area contributed by atoms with E-state index in [4.69, 9.17) is 9.47 Å². The van der Waals surface area contributed by atoms with Gasteiger partial charge in [0.05, 0.1) is 12.6 Å². The van der Waals surface area contributed by atoms with Gasteiger partial charge in [0.1, 0.15) is 18.2 Å². The molecule has 1 aromatic heterocycles. The molecule has 4 aromatic rings. The fraction of sp³-hybridized carbons (Fsp3) is 0.222. The predicted octanol–water partition coefficient (Wildman–Crippen LogP) is 5.09. The van der Waals surface area contributed by atoms with Crippen LogP contribution in [0.5, 0.6) is 11.5 Å². The van der Waals surface area contributed by atoms with Crippen molar-refractivity contribution in [3.8, 4) is 11.5 Å². The van der Waals surface area contributed by atoms with Crippen LogP contribution in [-0.4, -0.2) is 47.1 Å². The van der Waals surface area contributed by atoms with E-state index in [1.54, 1.807) is 18.3 Å². The summed E-state index contributed by atoms with van der Waals surface area (Å²) in [7, 11) is 1.62. The van der Waals surface area contributed by atoms with E-state index in [0.717, 1.165) is 40.2 Å². The van der Waals surface area contributed by atoms with E-state index in [1.807, 2.05) is 36.4 Å². The number of ether oxygens (including phenoxy) is 2. The van der Waals surface area contributed by atoms with Crippen LogP contribution < -0.4 is 14.8 Å². The van der Waals surface area contributed by atoms with Crippen LogP contribution in [0.15, 0.2) is 73.6 Å². The van der Waals surface area contributed by atoms with Gasteiger partial charge in [0, 0.05) is 48.5 Å². The molecule has 0 saturated carbocycles. The summed E-state index contributed by atoms with van der Waals surface area (Å²) < 4.78 is 12.0. The number of carbonyl (C=O) groups excluding carboxylic acids is 1. The molecule has 1 aliphatic heterocycles. The number of fused-ring (bicyclic) bond motifs is 2. The van der Waals surface area contributed by atoms with Crippen LogP contribution in [0.4, 0.5) is 11.5 Å². The fourth-order valence-corrected chi connectivity index (χ4v) is 4.38. The first kappa shape index (κ1) is 21.7. The molecular formula is C27H26N4O3. The van der Waals surface area contributed by atoms with Gasteiger partial charge in [0.25, 0.3) is 0 Å². The van der Waals surface area contributed by atoms with Crippen molar-refractivity contribution in [1.29, 1.82) is 0 Å². The second-order valence-electron chi connectivity index (χ2n) is 8.24.